The summed E-state index contributed by atoms with van der Waals surface area (Å²) in [6, 6.07) is 8.69. The van der Waals surface area contributed by atoms with Gasteiger partial charge in [-0.1, -0.05) is 36.8 Å². The number of nitrogens with one attached hydrogen (secondary N) is 2. The molecule has 5 heteroatoms. The molecule has 2 aromatic rings. The van der Waals surface area contributed by atoms with Crippen LogP contribution in [0.1, 0.15) is 37.4 Å². The molecule has 1 atom stereocenters. The Bertz CT molecular complexity index is 583. The first-order valence-corrected chi connectivity index (χ1v) is 7.99. The molecule has 0 aliphatic heterocycles. The molecule has 0 saturated carbocycles. The summed E-state index contributed by atoms with van der Waals surface area (Å²) in [4.78, 5) is 8.77. The van der Waals surface area contributed by atoms with Gasteiger partial charge < -0.3 is 10.6 Å². The maximum Gasteiger partial charge on any atom is 0.224 e. The third-order valence-corrected chi connectivity index (χ3v) is 3.79. The van der Waals surface area contributed by atoms with E-state index in [9.17, 15) is 0 Å². The van der Waals surface area contributed by atoms with Crippen LogP contribution in [-0.4, -0.2) is 16.5 Å². The summed E-state index contributed by atoms with van der Waals surface area (Å²) in [6.07, 6.45) is 2.82. The Hall–Kier alpha value is -1.62. The predicted octanol–water partition coefficient (Wildman–Crippen LogP) is 4.54. The Kier molecular flexibility index (Phi) is 5.56. The van der Waals surface area contributed by atoms with E-state index >= 15 is 0 Å². The van der Waals surface area contributed by atoms with E-state index in [1.54, 1.807) is 6.20 Å². The number of aromatic nitrogens is 2. The van der Waals surface area contributed by atoms with Gasteiger partial charge in [-0.3, -0.25) is 0 Å². The number of hydrogen-bond donors (Lipinski definition) is 2. The van der Waals surface area contributed by atoms with E-state index in [0.29, 0.717) is 5.95 Å². The molecular weight excluding hydrogens is 328 g/mol. The second kappa shape index (κ2) is 7.41. The van der Waals surface area contributed by atoms with Crippen LogP contribution >= 0.6 is 15.9 Å². The van der Waals surface area contributed by atoms with Crippen molar-refractivity contribution in [3.63, 3.8) is 0 Å². The summed E-state index contributed by atoms with van der Waals surface area (Å²) in [5, 5.41) is 6.62. The van der Waals surface area contributed by atoms with Gasteiger partial charge in [-0.05, 0) is 41.8 Å². The molecule has 112 valence electrons. The lowest BCUT2D eigenvalue weighted by molar-refractivity contribution is 0.867. The molecule has 2 N–H and O–H groups in total. The second-order valence-electron chi connectivity index (χ2n) is 5.09. The maximum absolute atomic E-state index is 4.51. The van der Waals surface area contributed by atoms with Crippen molar-refractivity contribution in [2.75, 3.05) is 17.2 Å². The summed E-state index contributed by atoms with van der Waals surface area (Å²) >= 11 is 3.50. The van der Waals surface area contributed by atoms with Crippen molar-refractivity contribution >= 4 is 27.7 Å². The van der Waals surface area contributed by atoms with Crippen molar-refractivity contribution < 1.29 is 0 Å². The summed E-state index contributed by atoms with van der Waals surface area (Å²) < 4.78 is 0.864. The minimum Gasteiger partial charge on any atom is -0.362 e. The number of nitrogens with zero attached hydrogens (tertiary/aromatic N) is 2. The molecule has 0 bridgehead atoms. The Balaban J connectivity index is 2.12. The zero-order valence-electron chi connectivity index (χ0n) is 12.7. The largest absolute Gasteiger partial charge is 0.362 e. The lowest BCUT2D eigenvalue weighted by Gasteiger charge is -2.17. The van der Waals surface area contributed by atoms with Gasteiger partial charge in [-0.15, -0.1) is 0 Å². The van der Waals surface area contributed by atoms with Gasteiger partial charge in [-0.2, -0.15) is 4.98 Å². The smallest absolute Gasteiger partial charge is 0.224 e. The highest BCUT2D eigenvalue weighted by Gasteiger charge is 2.10. The summed E-state index contributed by atoms with van der Waals surface area (Å²) in [6.45, 7) is 7.20. The average molecular weight is 349 g/mol. The topological polar surface area (TPSA) is 49.8 Å². The molecule has 21 heavy (non-hydrogen) atoms. The van der Waals surface area contributed by atoms with E-state index in [1.807, 2.05) is 0 Å². The summed E-state index contributed by atoms with van der Waals surface area (Å²) in [5.74, 6) is 1.45. The van der Waals surface area contributed by atoms with Gasteiger partial charge >= 0.3 is 0 Å². The first-order chi connectivity index (χ1) is 10.1. The summed E-state index contributed by atoms with van der Waals surface area (Å²) in [7, 11) is 0. The fourth-order valence-electron chi connectivity index (χ4n) is 1.93. The Labute approximate surface area is 134 Å². The lowest BCUT2D eigenvalue weighted by atomic mass is 10.1. The van der Waals surface area contributed by atoms with Gasteiger partial charge in [0.05, 0.1) is 4.47 Å². The minimum absolute atomic E-state index is 0.177. The molecule has 1 heterocycles. The van der Waals surface area contributed by atoms with Gasteiger partial charge in [0.1, 0.15) is 5.82 Å². The van der Waals surface area contributed by atoms with Crippen LogP contribution in [0.15, 0.2) is 34.9 Å². The molecule has 0 saturated heterocycles. The molecule has 1 aromatic carbocycles. The van der Waals surface area contributed by atoms with Gasteiger partial charge in [0.15, 0.2) is 0 Å². The Morgan fingerprint density at radius 2 is 1.95 bits per heavy atom. The highest BCUT2D eigenvalue weighted by molar-refractivity contribution is 9.10. The predicted molar refractivity (Wildman–Crippen MR) is 91.7 cm³/mol. The van der Waals surface area contributed by atoms with Gasteiger partial charge in [0.2, 0.25) is 5.95 Å². The number of aryl methyl sites for hydroxylation is 1. The van der Waals surface area contributed by atoms with Crippen LogP contribution in [0, 0.1) is 6.92 Å². The first-order valence-electron chi connectivity index (χ1n) is 7.19. The van der Waals surface area contributed by atoms with E-state index in [4.69, 9.17) is 0 Å². The van der Waals surface area contributed by atoms with Crippen LogP contribution in [0.4, 0.5) is 11.8 Å². The third-order valence-electron chi connectivity index (χ3n) is 3.21. The van der Waals surface area contributed by atoms with Crippen LogP contribution < -0.4 is 10.6 Å². The van der Waals surface area contributed by atoms with E-state index < -0.39 is 0 Å². The van der Waals surface area contributed by atoms with Crippen LogP contribution in [-0.2, 0) is 0 Å². The molecule has 0 spiro atoms. The monoisotopic (exact) mass is 348 g/mol. The molecule has 1 aromatic heterocycles. The molecule has 0 amide bonds. The van der Waals surface area contributed by atoms with E-state index in [1.165, 1.54) is 11.1 Å². The summed E-state index contributed by atoms with van der Waals surface area (Å²) in [5.41, 5.74) is 2.49. The second-order valence-corrected chi connectivity index (χ2v) is 5.95. The van der Waals surface area contributed by atoms with Crippen LogP contribution in [0.2, 0.25) is 0 Å². The van der Waals surface area contributed by atoms with Crippen molar-refractivity contribution in [1.29, 1.82) is 0 Å². The van der Waals surface area contributed by atoms with Crippen molar-refractivity contribution in [2.45, 2.75) is 33.2 Å². The Morgan fingerprint density at radius 1 is 1.24 bits per heavy atom. The fourth-order valence-corrected chi connectivity index (χ4v) is 2.24. The zero-order chi connectivity index (χ0) is 15.2. The van der Waals surface area contributed by atoms with Crippen LogP contribution in [0.3, 0.4) is 0 Å². The highest BCUT2D eigenvalue weighted by atomic mass is 79.9. The molecule has 0 aliphatic rings. The number of benzene rings is 1. The van der Waals surface area contributed by atoms with Crippen molar-refractivity contribution in [1.82, 2.24) is 9.97 Å². The number of anilines is 2. The van der Waals surface area contributed by atoms with Crippen molar-refractivity contribution in [3.05, 3.63) is 46.1 Å². The number of hydrogen-bond acceptors (Lipinski definition) is 4. The van der Waals surface area contributed by atoms with Crippen LogP contribution in [0.25, 0.3) is 0 Å². The van der Waals surface area contributed by atoms with E-state index in [0.717, 1.165) is 23.3 Å². The molecule has 4 nitrogen and oxygen atoms in total. The molecule has 0 fully saturated rings. The number of halogens is 1. The lowest BCUT2D eigenvalue weighted by Crippen LogP contribution is -2.11. The van der Waals surface area contributed by atoms with Crippen molar-refractivity contribution in [2.24, 2.45) is 0 Å². The minimum atomic E-state index is 0.177. The standard InChI is InChI=1S/C16H21BrN4/c1-4-9-18-16-19-10-14(17)15(21-16)20-12(3)13-7-5-11(2)6-8-13/h5-8,10,12H,4,9H2,1-3H3,(H2,18,19,20,21). The molecule has 0 aliphatic carbocycles. The first kappa shape index (κ1) is 15.8. The fraction of sp³-hybridized carbons (Fsp3) is 0.375. The van der Waals surface area contributed by atoms with Crippen molar-refractivity contribution in [3.8, 4) is 0 Å². The van der Waals surface area contributed by atoms with Gasteiger partial charge in [0, 0.05) is 18.8 Å². The molecule has 2 rings (SSSR count). The van der Waals surface area contributed by atoms with Gasteiger partial charge in [0.25, 0.3) is 0 Å². The molecular formula is C16H21BrN4. The normalized spacial score (nSPS) is 12.0. The zero-order valence-corrected chi connectivity index (χ0v) is 14.2. The SMILES string of the molecule is CCCNc1ncc(Br)c(NC(C)c2ccc(C)cc2)n1. The maximum atomic E-state index is 4.51. The Morgan fingerprint density at radius 3 is 2.62 bits per heavy atom. The average Bonchev–Trinajstić information content (AvgIpc) is 2.48. The molecule has 0 radical (unpaired) electrons. The van der Waals surface area contributed by atoms with Crippen LogP contribution in [0.5, 0.6) is 0 Å². The number of rotatable bonds is 6. The quantitative estimate of drug-likeness (QED) is 0.804. The highest BCUT2D eigenvalue weighted by Crippen LogP contribution is 2.25. The van der Waals surface area contributed by atoms with E-state index in [-0.39, 0.29) is 6.04 Å². The molecule has 1 unspecified atom stereocenters. The third kappa shape index (κ3) is 4.43. The van der Waals surface area contributed by atoms with Gasteiger partial charge in [-0.25, -0.2) is 4.98 Å². The van der Waals surface area contributed by atoms with E-state index in [2.05, 4.69) is 81.6 Å².